The van der Waals surface area contributed by atoms with Gasteiger partial charge in [-0.15, -0.1) is 0 Å². The lowest BCUT2D eigenvalue weighted by Gasteiger charge is -2.31. The largest absolute Gasteiger partial charge is 0.355 e. The Morgan fingerprint density at radius 3 is 2.62 bits per heavy atom. The van der Waals surface area contributed by atoms with Crippen LogP contribution in [-0.4, -0.2) is 61.9 Å². The molecule has 2 rings (SSSR count). The van der Waals surface area contributed by atoms with Crippen molar-refractivity contribution in [1.29, 1.82) is 0 Å². The topological polar surface area (TPSA) is 52.7 Å². The van der Waals surface area contributed by atoms with E-state index in [9.17, 15) is 9.59 Å². The van der Waals surface area contributed by atoms with E-state index in [1.54, 1.807) is 0 Å². The molecule has 2 amide bonds. The third-order valence-electron chi connectivity index (χ3n) is 4.32. The van der Waals surface area contributed by atoms with Crippen LogP contribution in [0.15, 0.2) is 28.7 Å². The van der Waals surface area contributed by atoms with Crippen molar-refractivity contribution in [2.75, 3.05) is 40.3 Å². The number of carbonyl (C=O) groups excluding carboxylic acids is 2. The van der Waals surface area contributed by atoms with Crippen LogP contribution in [-0.2, 0) is 16.0 Å². The first kappa shape index (κ1) is 18.9. The van der Waals surface area contributed by atoms with E-state index in [2.05, 4.69) is 21.2 Å². The Hall–Kier alpha value is -1.40. The quantitative estimate of drug-likeness (QED) is 0.800. The molecule has 0 atom stereocenters. The second-order valence-electron chi connectivity index (χ2n) is 6.56. The van der Waals surface area contributed by atoms with Gasteiger partial charge in [-0.25, -0.2) is 0 Å². The first-order valence-electron chi connectivity index (χ1n) is 8.40. The summed E-state index contributed by atoms with van der Waals surface area (Å²) in [6, 6.07) is 7.84. The van der Waals surface area contributed by atoms with Crippen LogP contribution in [0.5, 0.6) is 0 Å². The van der Waals surface area contributed by atoms with Crippen molar-refractivity contribution >= 4 is 27.7 Å². The van der Waals surface area contributed by atoms with Gasteiger partial charge >= 0.3 is 0 Å². The van der Waals surface area contributed by atoms with Crippen molar-refractivity contribution in [2.24, 2.45) is 5.92 Å². The van der Waals surface area contributed by atoms with Crippen LogP contribution in [0.1, 0.15) is 18.4 Å². The van der Waals surface area contributed by atoms with Gasteiger partial charge in [0, 0.05) is 36.6 Å². The van der Waals surface area contributed by atoms with E-state index in [0.29, 0.717) is 26.1 Å². The molecule has 1 aromatic rings. The van der Waals surface area contributed by atoms with Gasteiger partial charge in [0.05, 0.1) is 6.42 Å². The molecule has 1 aliphatic rings. The molecule has 1 heterocycles. The predicted octanol–water partition coefficient (Wildman–Crippen LogP) is 1.91. The van der Waals surface area contributed by atoms with E-state index < -0.39 is 0 Å². The first-order chi connectivity index (χ1) is 11.5. The molecule has 0 spiro atoms. The minimum atomic E-state index is 0.0297. The van der Waals surface area contributed by atoms with Crippen molar-refractivity contribution in [2.45, 2.75) is 19.3 Å². The molecule has 132 valence electrons. The molecule has 0 aromatic heterocycles. The minimum absolute atomic E-state index is 0.0297. The third kappa shape index (κ3) is 5.91. The number of nitrogens with zero attached hydrogens (tertiary/aromatic N) is 2. The van der Waals surface area contributed by atoms with Crippen LogP contribution in [0.4, 0.5) is 0 Å². The Labute approximate surface area is 152 Å². The van der Waals surface area contributed by atoms with Crippen LogP contribution in [0.2, 0.25) is 0 Å². The third-order valence-corrected chi connectivity index (χ3v) is 4.81. The number of halogens is 1. The van der Waals surface area contributed by atoms with Crippen molar-refractivity contribution in [3.8, 4) is 0 Å². The van der Waals surface area contributed by atoms with Crippen molar-refractivity contribution in [3.05, 3.63) is 34.3 Å². The maximum Gasteiger partial charge on any atom is 0.226 e. The van der Waals surface area contributed by atoms with Gasteiger partial charge in [0.15, 0.2) is 0 Å². The standard InChI is InChI=1S/C18H26BrN3O2/c1-21(2)11-8-20-18(24)15-6-9-22(10-7-15)17(23)13-14-4-3-5-16(19)12-14/h3-5,12,15H,6-11,13H2,1-2H3,(H,20,24). The second kappa shape index (κ2) is 9.18. The number of hydrogen-bond donors (Lipinski definition) is 1. The number of hydrogen-bond acceptors (Lipinski definition) is 3. The summed E-state index contributed by atoms with van der Waals surface area (Å²) < 4.78 is 0.987. The van der Waals surface area contributed by atoms with Gasteiger partial charge in [-0.2, -0.15) is 0 Å². The van der Waals surface area contributed by atoms with Gasteiger partial charge in [0.25, 0.3) is 0 Å². The number of carbonyl (C=O) groups is 2. The minimum Gasteiger partial charge on any atom is -0.355 e. The van der Waals surface area contributed by atoms with Gasteiger partial charge < -0.3 is 15.1 Å². The summed E-state index contributed by atoms with van der Waals surface area (Å²) >= 11 is 3.43. The summed E-state index contributed by atoms with van der Waals surface area (Å²) in [5.41, 5.74) is 1.01. The Morgan fingerprint density at radius 1 is 1.29 bits per heavy atom. The van der Waals surface area contributed by atoms with Gasteiger partial charge in [0.1, 0.15) is 0 Å². The molecule has 0 radical (unpaired) electrons. The van der Waals surface area contributed by atoms with E-state index in [0.717, 1.165) is 29.4 Å². The molecule has 0 saturated carbocycles. The van der Waals surface area contributed by atoms with E-state index in [-0.39, 0.29) is 17.7 Å². The summed E-state index contributed by atoms with van der Waals surface area (Å²) in [7, 11) is 3.98. The van der Waals surface area contributed by atoms with E-state index in [1.165, 1.54) is 0 Å². The lowest BCUT2D eigenvalue weighted by atomic mass is 9.95. The fourth-order valence-electron chi connectivity index (χ4n) is 2.87. The molecule has 24 heavy (non-hydrogen) atoms. The number of piperidine rings is 1. The van der Waals surface area contributed by atoms with Gasteiger partial charge in [-0.05, 0) is 44.6 Å². The molecule has 1 N–H and O–H groups in total. The van der Waals surface area contributed by atoms with E-state index >= 15 is 0 Å². The highest BCUT2D eigenvalue weighted by Gasteiger charge is 2.27. The predicted molar refractivity (Wildman–Crippen MR) is 98.7 cm³/mol. The van der Waals surface area contributed by atoms with E-state index in [1.807, 2.05) is 48.2 Å². The van der Waals surface area contributed by atoms with E-state index in [4.69, 9.17) is 0 Å². The Balaban J connectivity index is 1.75. The normalized spacial score (nSPS) is 15.6. The Kier molecular flexibility index (Phi) is 7.24. The van der Waals surface area contributed by atoms with Gasteiger partial charge in [-0.1, -0.05) is 28.1 Å². The SMILES string of the molecule is CN(C)CCNC(=O)C1CCN(C(=O)Cc2cccc(Br)c2)CC1. The highest BCUT2D eigenvalue weighted by molar-refractivity contribution is 9.10. The summed E-state index contributed by atoms with van der Waals surface area (Å²) in [4.78, 5) is 28.5. The van der Waals surface area contributed by atoms with Crippen LogP contribution in [0.3, 0.4) is 0 Å². The lowest BCUT2D eigenvalue weighted by Crippen LogP contribution is -2.44. The molecule has 5 nitrogen and oxygen atoms in total. The first-order valence-corrected chi connectivity index (χ1v) is 9.19. The molecule has 1 aliphatic heterocycles. The van der Waals surface area contributed by atoms with Crippen LogP contribution < -0.4 is 5.32 Å². The number of benzene rings is 1. The second-order valence-corrected chi connectivity index (χ2v) is 7.47. The summed E-state index contributed by atoms with van der Waals surface area (Å²) in [5, 5.41) is 2.98. The smallest absolute Gasteiger partial charge is 0.226 e. The molecule has 1 fully saturated rings. The average molecular weight is 396 g/mol. The Morgan fingerprint density at radius 2 is 2.00 bits per heavy atom. The molecule has 0 unspecified atom stereocenters. The molecule has 6 heteroatoms. The number of likely N-dealkylation sites (tertiary alicyclic amines) is 1. The molecular formula is C18H26BrN3O2. The fraction of sp³-hybridized carbons (Fsp3) is 0.556. The van der Waals surface area contributed by atoms with Gasteiger partial charge in [0.2, 0.25) is 11.8 Å². The zero-order valence-electron chi connectivity index (χ0n) is 14.4. The summed E-state index contributed by atoms with van der Waals surface area (Å²) in [5.74, 6) is 0.289. The zero-order valence-corrected chi connectivity index (χ0v) is 16.0. The number of rotatable bonds is 6. The maximum atomic E-state index is 12.4. The van der Waals surface area contributed by atoms with Crippen molar-refractivity contribution < 1.29 is 9.59 Å². The molecule has 0 aliphatic carbocycles. The van der Waals surface area contributed by atoms with Crippen molar-refractivity contribution in [3.63, 3.8) is 0 Å². The fourth-order valence-corrected chi connectivity index (χ4v) is 3.32. The zero-order chi connectivity index (χ0) is 17.5. The van der Waals surface area contributed by atoms with Gasteiger partial charge in [-0.3, -0.25) is 9.59 Å². The van der Waals surface area contributed by atoms with Crippen LogP contribution >= 0.6 is 15.9 Å². The highest BCUT2D eigenvalue weighted by Crippen LogP contribution is 2.19. The monoisotopic (exact) mass is 395 g/mol. The summed E-state index contributed by atoms with van der Waals surface area (Å²) in [6.45, 7) is 2.85. The number of likely N-dealkylation sites (N-methyl/N-ethyl adjacent to an activating group) is 1. The lowest BCUT2D eigenvalue weighted by molar-refractivity contribution is -0.135. The molecule has 1 aromatic carbocycles. The van der Waals surface area contributed by atoms with Crippen molar-refractivity contribution in [1.82, 2.24) is 15.1 Å². The summed E-state index contributed by atoms with van der Waals surface area (Å²) in [6.07, 6.45) is 1.91. The average Bonchev–Trinajstić information content (AvgIpc) is 2.54. The Bertz CT molecular complexity index is 569. The molecular weight excluding hydrogens is 370 g/mol. The van der Waals surface area contributed by atoms with Crippen LogP contribution in [0, 0.1) is 5.92 Å². The highest BCUT2D eigenvalue weighted by atomic mass is 79.9. The number of amides is 2. The molecule has 1 saturated heterocycles. The van der Waals surface area contributed by atoms with Crippen LogP contribution in [0.25, 0.3) is 0 Å². The molecule has 0 bridgehead atoms. The number of nitrogens with one attached hydrogen (secondary N) is 1. The maximum absolute atomic E-state index is 12.4.